The van der Waals surface area contributed by atoms with Gasteiger partial charge in [-0.25, -0.2) is 22.9 Å². The summed E-state index contributed by atoms with van der Waals surface area (Å²) in [6, 6.07) is 4.79. The monoisotopic (exact) mass is 312 g/mol. The minimum atomic E-state index is -3.24. The number of anilines is 1. The number of aromatic nitrogens is 1. The Morgan fingerprint density at radius 1 is 1.48 bits per heavy atom. The summed E-state index contributed by atoms with van der Waals surface area (Å²) < 4.78 is 26.1. The van der Waals surface area contributed by atoms with Gasteiger partial charge in [0.1, 0.15) is 5.82 Å². The minimum Gasteiger partial charge on any atom is -0.323 e. The SMILES string of the molecule is CCCS(=O)(=O)NC1CCN(C(=O)Nc2ccccn2)C1. The van der Waals surface area contributed by atoms with E-state index in [0.717, 1.165) is 0 Å². The van der Waals surface area contributed by atoms with E-state index in [1.54, 1.807) is 29.3 Å². The number of sulfonamides is 1. The van der Waals surface area contributed by atoms with Crippen LogP contribution in [0.15, 0.2) is 24.4 Å². The molecule has 1 atom stereocenters. The fraction of sp³-hybridized carbons (Fsp3) is 0.538. The summed E-state index contributed by atoms with van der Waals surface area (Å²) in [6.07, 6.45) is 2.80. The van der Waals surface area contributed by atoms with Crippen molar-refractivity contribution >= 4 is 21.9 Å². The van der Waals surface area contributed by atoms with Crippen LogP contribution < -0.4 is 10.0 Å². The summed E-state index contributed by atoms with van der Waals surface area (Å²) in [5.41, 5.74) is 0. The van der Waals surface area contributed by atoms with Crippen LogP contribution in [0.4, 0.5) is 10.6 Å². The third-order valence-electron chi connectivity index (χ3n) is 3.19. The van der Waals surface area contributed by atoms with Crippen LogP contribution in [0.25, 0.3) is 0 Å². The Morgan fingerprint density at radius 3 is 2.95 bits per heavy atom. The molecule has 1 unspecified atom stereocenters. The molecule has 7 nitrogen and oxygen atoms in total. The number of rotatable bonds is 5. The second-order valence-electron chi connectivity index (χ2n) is 5.01. The number of pyridine rings is 1. The standard InChI is InChI=1S/C13H20N4O3S/c1-2-9-21(19,20)16-11-6-8-17(10-11)13(18)15-12-5-3-4-7-14-12/h3-5,7,11,16H,2,6,8-10H2,1H3,(H,14,15,18). The lowest BCUT2D eigenvalue weighted by atomic mass is 10.3. The number of amides is 2. The lowest BCUT2D eigenvalue weighted by Gasteiger charge is -2.17. The van der Waals surface area contributed by atoms with Gasteiger partial charge in [-0.15, -0.1) is 0 Å². The van der Waals surface area contributed by atoms with E-state index in [2.05, 4.69) is 15.0 Å². The number of likely N-dealkylation sites (tertiary alicyclic amines) is 1. The van der Waals surface area contributed by atoms with Crippen molar-refractivity contribution in [1.29, 1.82) is 0 Å². The summed E-state index contributed by atoms with van der Waals surface area (Å²) in [5, 5.41) is 2.69. The summed E-state index contributed by atoms with van der Waals surface area (Å²) in [6.45, 7) is 2.72. The number of hydrogen-bond donors (Lipinski definition) is 2. The molecule has 1 saturated heterocycles. The smallest absolute Gasteiger partial charge is 0.323 e. The predicted octanol–water partition coefficient (Wildman–Crippen LogP) is 1.02. The Balaban J connectivity index is 1.86. The molecule has 21 heavy (non-hydrogen) atoms. The highest BCUT2D eigenvalue weighted by molar-refractivity contribution is 7.89. The van der Waals surface area contributed by atoms with Crippen LogP contribution in [0.5, 0.6) is 0 Å². The molecule has 116 valence electrons. The zero-order valence-electron chi connectivity index (χ0n) is 11.9. The van der Waals surface area contributed by atoms with Crippen LogP contribution in [-0.2, 0) is 10.0 Å². The van der Waals surface area contributed by atoms with E-state index >= 15 is 0 Å². The molecule has 1 aliphatic heterocycles. The first-order valence-electron chi connectivity index (χ1n) is 6.97. The molecular weight excluding hydrogens is 292 g/mol. The van der Waals surface area contributed by atoms with Crippen LogP contribution in [-0.4, -0.2) is 49.2 Å². The first-order chi connectivity index (χ1) is 10.00. The van der Waals surface area contributed by atoms with E-state index in [1.165, 1.54) is 0 Å². The van der Waals surface area contributed by atoms with E-state index in [4.69, 9.17) is 0 Å². The van der Waals surface area contributed by atoms with E-state index in [0.29, 0.717) is 31.7 Å². The van der Waals surface area contributed by atoms with Crippen molar-refractivity contribution in [3.05, 3.63) is 24.4 Å². The molecule has 0 saturated carbocycles. The van der Waals surface area contributed by atoms with Gasteiger partial charge in [-0.05, 0) is 25.0 Å². The lowest BCUT2D eigenvalue weighted by molar-refractivity contribution is 0.221. The van der Waals surface area contributed by atoms with Crippen molar-refractivity contribution in [1.82, 2.24) is 14.6 Å². The maximum Gasteiger partial charge on any atom is 0.323 e. The fourth-order valence-corrected chi connectivity index (χ4v) is 3.60. The Bertz CT molecular complexity index is 576. The number of carbonyl (C=O) groups is 1. The Kier molecular flexibility index (Phi) is 5.13. The molecule has 1 aliphatic rings. The second-order valence-corrected chi connectivity index (χ2v) is 6.89. The molecule has 2 amide bonds. The molecular formula is C13H20N4O3S. The van der Waals surface area contributed by atoms with Gasteiger partial charge in [-0.3, -0.25) is 5.32 Å². The number of hydrogen-bond acceptors (Lipinski definition) is 4. The molecule has 0 aliphatic carbocycles. The highest BCUT2D eigenvalue weighted by Gasteiger charge is 2.29. The Labute approximate surface area is 124 Å². The van der Waals surface area contributed by atoms with E-state index < -0.39 is 10.0 Å². The van der Waals surface area contributed by atoms with Crippen molar-refractivity contribution in [3.8, 4) is 0 Å². The first kappa shape index (κ1) is 15.7. The van der Waals surface area contributed by atoms with Gasteiger partial charge in [0.15, 0.2) is 0 Å². The maximum atomic E-state index is 12.0. The van der Waals surface area contributed by atoms with Gasteiger partial charge in [-0.1, -0.05) is 13.0 Å². The van der Waals surface area contributed by atoms with Crippen LogP contribution in [0.3, 0.4) is 0 Å². The average molecular weight is 312 g/mol. The molecule has 2 rings (SSSR count). The van der Waals surface area contributed by atoms with Gasteiger partial charge in [0, 0.05) is 25.3 Å². The number of nitrogens with zero attached hydrogens (tertiary/aromatic N) is 2. The number of carbonyl (C=O) groups excluding carboxylic acids is 1. The van der Waals surface area contributed by atoms with Gasteiger partial charge in [-0.2, -0.15) is 0 Å². The topological polar surface area (TPSA) is 91.4 Å². The largest absolute Gasteiger partial charge is 0.323 e. The van der Waals surface area contributed by atoms with Crippen LogP contribution in [0.2, 0.25) is 0 Å². The van der Waals surface area contributed by atoms with E-state index in [9.17, 15) is 13.2 Å². The third kappa shape index (κ3) is 4.68. The highest BCUT2D eigenvalue weighted by atomic mass is 32.2. The molecule has 0 aromatic carbocycles. The highest BCUT2D eigenvalue weighted by Crippen LogP contribution is 2.12. The van der Waals surface area contributed by atoms with Gasteiger partial charge in [0.05, 0.1) is 5.75 Å². The van der Waals surface area contributed by atoms with Crippen molar-refractivity contribution < 1.29 is 13.2 Å². The molecule has 0 radical (unpaired) electrons. The maximum absolute atomic E-state index is 12.0. The molecule has 2 heterocycles. The van der Waals surface area contributed by atoms with E-state index in [1.807, 2.05) is 6.92 Å². The van der Waals surface area contributed by atoms with Crippen molar-refractivity contribution in [3.63, 3.8) is 0 Å². The van der Waals surface area contributed by atoms with Crippen molar-refractivity contribution in [2.75, 3.05) is 24.2 Å². The van der Waals surface area contributed by atoms with Crippen LogP contribution in [0, 0.1) is 0 Å². The van der Waals surface area contributed by atoms with Crippen LogP contribution >= 0.6 is 0 Å². The van der Waals surface area contributed by atoms with Crippen molar-refractivity contribution in [2.24, 2.45) is 0 Å². The molecule has 0 bridgehead atoms. The molecule has 2 N–H and O–H groups in total. The van der Waals surface area contributed by atoms with Crippen molar-refractivity contribution in [2.45, 2.75) is 25.8 Å². The normalized spacial score (nSPS) is 18.7. The van der Waals surface area contributed by atoms with E-state index in [-0.39, 0.29) is 17.8 Å². The van der Waals surface area contributed by atoms with Gasteiger partial charge >= 0.3 is 6.03 Å². The molecule has 0 spiro atoms. The fourth-order valence-electron chi connectivity index (χ4n) is 2.25. The minimum absolute atomic E-state index is 0.115. The molecule has 1 aromatic rings. The first-order valence-corrected chi connectivity index (χ1v) is 8.62. The quantitative estimate of drug-likeness (QED) is 0.849. The number of nitrogens with one attached hydrogen (secondary N) is 2. The summed E-state index contributed by atoms with van der Waals surface area (Å²) in [4.78, 5) is 17.7. The third-order valence-corrected chi connectivity index (χ3v) is 4.83. The van der Waals surface area contributed by atoms with Gasteiger partial charge < -0.3 is 4.90 Å². The molecule has 1 fully saturated rings. The van der Waals surface area contributed by atoms with Gasteiger partial charge in [0.2, 0.25) is 10.0 Å². The van der Waals surface area contributed by atoms with Gasteiger partial charge in [0.25, 0.3) is 0 Å². The summed E-state index contributed by atoms with van der Waals surface area (Å²) in [7, 11) is -3.24. The summed E-state index contributed by atoms with van der Waals surface area (Å²) >= 11 is 0. The lowest BCUT2D eigenvalue weighted by Crippen LogP contribution is -2.40. The zero-order valence-corrected chi connectivity index (χ0v) is 12.8. The molecule has 8 heteroatoms. The Morgan fingerprint density at radius 2 is 2.29 bits per heavy atom. The summed E-state index contributed by atoms with van der Waals surface area (Å²) in [5.74, 6) is 0.599. The zero-order chi connectivity index (χ0) is 15.3. The Hall–Kier alpha value is -1.67. The second kappa shape index (κ2) is 6.86. The predicted molar refractivity (Wildman–Crippen MR) is 80.4 cm³/mol. The average Bonchev–Trinajstić information content (AvgIpc) is 2.87. The number of urea groups is 1. The van der Waals surface area contributed by atoms with Crippen LogP contribution in [0.1, 0.15) is 19.8 Å². The molecule has 1 aromatic heterocycles.